The Bertz CT molecular complexity index is 351. The third-order valence-electron chi connectivity index (χ3n) is 4.55. The maximum Gasteiger partial charge on any atom is 0.0635 e. The quantitative estimate of drug-likeness (QED) is 0.142. The molecule has 0 amide bonds. The summed E-state index contributed by atoms with van der Waals surface area (Å²) >= 11 is 0. The molecule has 0 aliphatic rings. The third kappa shape index (κ3) is 8.24. The first-order valence-corrected chi connectivity index (χ1v) is 8.69. The highest BCUT2D eigenvalue weighted by atomic mass is 16.5. The van der Waals surface area contributed by atoms with Crippen molar-refractivity contribution >= 4 is 0 Å². The normalized spacial score (nSPS) is 15.1. The number of hydrogen-bond donors (Lipinski definition) is 6. The van der Waals surface area contributed by atoms with Gasteiger partial charge in [-0.05, 0) is 0 Å². The van der Waals surface area contributed by atoms with Crippen molar-refractivity contribution in [2.24, 2.45) is 16.2 Å². The Morgan fingerprint density at radius 2 is 0.741 bits per heavy atom. The van der Waals surface area contributed by atoms with Crippen molar-refractivity contribution < 1.29 is 49.6 Å². The molecule has 0 rings (SSSR count). The van der Waals surface area contributed by atoms with E-state index in [1.807, 2.05) is 0 Å². The summed E-state index contributed by atoms with van der Waals surface area (Å²) in [6.07, 6.45) is 0. The summed E-state index contributed by atoms with van der Waals surface area (Å²) in [7, 11) is 2.91. The van der Waals surface area contributed by atoms with E-state index < -0.39 is 36.1 Å². The monoisotopic (exact) mass is 400 g/mol. The number of rotatable bonds is 18. The lowest BCUT2D eigenvalue weighted by Crippen LogP contribution is -2.46. The molecule has 0 fully saturated rings. The summed E-state index contributed by atoms with van der Waals surface area (Å²) in [5.41, 5.74) is -3.09. The van der Waals surface area contributed by atoms with Crippen molar-refractivity contribution in [3.8, 4) is 0 Å². The highest BCUT2D eigenvalue weighted by molar-refractivity contribution is 4.83. The lowest BCUT2D eigenvalue weighted by molar-refractivity contribution is -0.132. The summed E-state index contributed by atoms with van der Waals surface area (Å²) in [4.78, 5) is 0. The molecule has 10 heteroatoms. The van der Waals surface area contributed by atoms with Gasteiger partial charge in [0.05, 0.1) is 95.5 Å². The molecule has 0 saturated heterocycles. The average molecular weight is 400 g/mol. The van der Waals surface area contributed by atoms with Crippen LogP contribution in [0, 0.1) is 16.2 Å². The van der Waals surface area contributed by atoms with Gasteiger partial charge in [-0.3, -0.25) is 0 Å². The van der Waals surface area contributed by atoms with Crippen LogP contribution in [0.4, 0.5) is 0 Å². The molecule has 1 atom stereocenters. The van der Waals surface area contributed by atoms with Crippen molar-refractivity contribution in [2.45, 2.75) is 0 Å². The van der Waals surface area contributed by atoms with Crippen LogP contribution < -0.4 is 0 Å². The second-order valence-corrected chi connectivity index (χ2v) is 7.30. The fraction of sp³-hybridized carbons (Fsp3) is 1.00. The molecule has 6 N–H and O–H groups in total. The van der Waals surface area contributed by atoms with Crippen molar-refractivity contribution in [3.63, 3.8) is 0 Å². The largest absolute Gasteiger partial charge is 0.396 e. The van der Waals surface area contributed by atoms with Crippen LogP contribution in [0.1, 0.15) is 0 Å². The smallest absolute Gasteiger partial charge is 0.0635 e. The number of hydrogen-bond acceptors (Lipinski definition) is 10. The molecule has 0 heterocycles. The molecular weight excluding hydrogens is 364 g/mol. The van der Waals surface area contributed by atoms with E-state index in [-0.39, 0.29) is 59.5 Å². The molecule has 10 nitrogen and oxygen atoms in total. The average Bonchev–Trinajstić information content (AvgIpc) is 2.70. The molecule has 0 aliphatic carbocycles. The van der Waals surface area contributed by atoms with Crippen molar-refractivity contribution in [2.75, 3.05) is 93.5 Å². The molecule has 0 aromatic carbocycles. The fourth-order valence-corrected chi connectivity index (χ4v) is 2.40. The second kappa shape index (κ2) is 13.7. The Kier molecular flexibility index (Phi) is 13.5. The molecule has 0 spiro atoms. The van der Waals surface area contributed by atoms with Gasteiger partial charge < -0.3 is 49.6 Å². The minimum Gasteiger partial charge on any atom is -0.396 e. The Morgan fingerprint density at radius 1 is 0.444 bits per heavy atom. The number of methoxy groups -OCH3 is 2. The third-order valence-corrected chi connectivity index (χ3v) is 4.55. The summed E-state index contributed by atoms with van der Waals surface area (Å²) in [5.74, 6) is 0. The fourth-order valence-electron chi connectivity index (χ4n) is 2.40. The first-order chi connectivity index (χ1) is 12.9. The molecule has 0 aromatic rings. The van der Waals surface area contributed by atoms with Gasteiger partial charge in [0.25, 0.3) is 0 Å². The second-order valence-electron chi connectivity index (χ2n) is 7.30. The van der Waals surface area contributed by atoms with Crippen LogP contribution in [0.3, 0.4) is 0 Å². The first-order valence-electron chi connectivity index (χ1n) is 8.69. The van der Waals surface area contributed by atoms with Gasteiger partial charge in [-0.25, -0.2) is 0 Å². The first kappa shape index (κ1) is 26.6. The highest BCUT2D eigenvalue weighted by Crippen LogP contribution is 2.24. The van der Waals surface area contributed by atoms with Crippen molar-refractivity contribution in [1.29, 1.82) is 0 Å². The van der Waals surface area contributed by atoms with E-state index in [2.05, 4.69) is 0 Å². The van der Waals surface area contributed by atoms with Crippen molar-refractivity contribution in [3.05, 3.63) is 0 Å². The van der Waals surface area contributed by atoms with Gasteiger partial charge in [-0.15, -0.1) is 0 Å². The molecule has 0 saturated carbocycles. The van der Waals surface area contributed by atoms with Crippen LogP contribution in [0.15, 0.2) is 0 Å². The molecule has 0 bridgehead atoms. The zero-order valence-electron chi connectivity index (χ0n) is 16.3. The van der Waals surface area contributed by atoms with Crippen LogP contribution in [-0.2, 0) is 18.9 Å². The topological polar surface area (TPSA) is 158 Å². The van der Waals surface area contributed by atoms with Gasteiger partial charge in [-0.2, -0.15) is 0 Å². The van der Waals surface area contributed by atoms with Crippen LogP contribution in [0.2, 0.25) is 0 Å². The molecule has 0 aromatic heterocycles. The maximum atomic E-state index is 9.84. The lowest BCUT2D eigenvalue weighted by Gasteiger charge is -2.35. The number of aliphatic hydroxyl groups excluding tert-OH is 6. The zero-order valence-corrected chi connectivity index (χ0v) is 16.3. The maximum absolute atomic E-state index is 9.84. The number of aliphatic hydroxyl groups is 6. The molecule has 27 heavy (non-hydrogen) atoms. The van der Waals surface area contributed by atoms with Gasteiger partial charge in [0, 0.05) is 14.2 Å². The summed E-state index contributed by atoms with van der Waals surface area (Å²) in [6, 6.07) is 0. The van der Waals surface area contributed by atoms with E-state index >= 15 is 0 Å². The van der Waals surface area contributed by atoms with Gasteiger partial charge >= 0.3 is 0 Å². The Labute approximate surface area is 160 Å². The Hall–Kier alpha value is -0.400. The van der Waals surface area contributed by atoms with Gasteiger partial charge in [-0.1, -0.05) is 0 Å². The van der Waals surface area contributed by atoms with Gasteiger partial charge in [0.2, 0.25) is 0 Å². The van der Waals surface area contributed by atoms with E-state index in [0.717, 1.165) is 0 Å². The number of ether oxygens (including phenoxy) is 4. The van der Waals surface area contributed by atoms with Gasteiger partial charge in [0.15, 0.2) is 0 Å². The standard InChI is InChI=1S/C17H36O10/c1-24-9-16(6-21,7-22)12-27-14-17(8-23,10-25-2)13-26-11-15(3-18,4-19)5-20/h18-23H,3-14H2,1-2H3. The summed E-state index contributed by atoms with van der Waals surface area (Å²) < 4.78 is 21.3. The van der Waals surface area contributed by atoms with Crippen LogP contribution in [-0.4, -0.2) is 124 Å². The molecule has 0 aliphatic heterocycles. The van der Waals surface area contributed by atoms with Crippen LogP contribution >= 0.6 is 0 Å². The zero-order chi connectivity index (χ0) is 20.8. The van der Waals surface area contributed by atoms with E-state index in [0.29, 0.717) is 0 Å². The van der Waals surface area contributed by atoms with E-state index in [4.69, 9.17) is 18.9 Å². The van der Waals surface area contributed by atoms with E-state index in [1.165, 1.54) is 14.2 Å². The van der Waals surface area contributed by atoms with Crippen LogP contribution in [0.25, 0.3) is 0 Å². The molecule has 0 radical (unpaired) electrons. The minimum atomic E-state index is -1.18. The molecular formula is C17H36O10. The molecule has 1 unspecified atom stereocenters. The minimum absolute atomic E-state index is 0.00678. The lowest BCUT2D eigenvalue weighted by atomic mass is 9.90. The molecule has 164 valence electrons. The van der Waals surface area contributed by atoms with E-state index in [9.17, 15) is 30.6 Å². The summed E-state index contributed by atoms with van der Waals surface area (Å²) in [6.45, 7) is -2.33. The van der Waals surface area contributed by atoms with Gasteiger partial charge in [0.1, 0.15) is 0 Å². The predicted molar refractivity (Wildman–Crippen MR) is 95.2 cm³/mol. The SMILES string of the molecule is COCC(CO)(CO)COCC(CO)(COC)COCC(CO)(CO)CO. The summed E-state index contributed by atoms with van der Waals surface area (Å²) in [5, 5.41) is 56.9. The Balaban J connectivity index is 4.89. The predicted octanol–water partition coefficient (Wildman–Crippen LogP) is -2.77. The van der Waals surface area contributed by atoms with Crippen LogP contribution in [0.5, 0.6) is 0 Å². The van der Waals surface area contributed by atoms with E-state index in [1.54, 1.807) is 0 Å². The Morgan fingerprint density at radius 3 is 1.07 bits per heavy atom. The highest BCUT2D eigenvalue weighted by Gasteiger charge is 2.36. The van der Waals surface area contributed by atoms with Crippen molar-refractivity contribution in [1.82, 2.24) is 0 Å².